The Labute approximate surface area is 131 Å². The molecular formula is C17H21NO3S. The van der Waals surface area contributed by atoms with Crippen LogP contribution in [0.25, 0.3) is 0 Å². The van der Waals surface area contributed by atoms with Crippen molar-refractivity contribution in [1.29, 1.82) is 0 Å². The minimum absolute atomic E-state index is 0.183. The Morgan fingerprint density at radius 3 is 2.27 bits per heavy atom. The van der Waals surface area contributed by atoms with Crippen molar-refractivity contribution in [2.45, 2.75) is 31.1 Å². The summed E-state index contributed by atoms with van der Waals surface area (Å²) in [6.45, 7) is 4.37. The van der Waals surface area contributed by atoms with E-state index < -0.39 is 10.0 Å². The topological polar surface area (TPSA) is 66.4 Å². The van der Waals surface area contributed by atoms with Crippen LogP contribution >= 0.6 is 0 Å². The highest BCUT2D eigenvalue weighted by Gasteiger charge is 2.14. The molecule has 0 saturated heterocycles. The first kappa shape index (κ1) is 16.5. The zero-order valence-corrected chi connectivity index (χ0v) is 13.6. The van der Waals surface area contributed by atoms with Crippen molar-refractivity contribution in [1.82, 2.24) is 4.72 Å². The smallest absolute Gasteiger partial charge is 0.240 e. The molecule has 2 aromatic rings. The first-order valence-electron chi connectivity index (χ1n) is 7.26. The van der Waals surface area contributed by atoms with E-state index in [1.165, 1.54) is 0 Å². The molecule has 0 aliphatic carbocycles. The maximum absolute atomic E-state index is 12.2. The molecule has 0 bridgehead atoms. The van der Waals surface area contributed by atoms with Crippen LogP contribution in [0.2, 0.25) is 0 Å². The Balaban J connectivity index is 2.00. The highest BCUT2D eigenvalue weighted by Crippen LogP contribution is 2.18. The van der Waals surface area contributed by atoms with Crippen molar-refractivity contribution >= 4 is 10.0 Å². The van der Waals surface area contributed by atoms with Crippen LogP contribution in [0, 0.1) is 0 Å². The zero-order valence-electron chi connectivity index (χ0n) is 12.8. The molecule has 0 aromatic heterocycles. The first-order chi connectivity index (χ1) is 10.4. The minimum atomic E-state index is -3.52. The van der Waals surface area contributed by atoms with Crippen molar-refractivity contribution < 1.29 is 13.5 Å². The standard InChI is InChI=1S/C17H21NO3S/c1-13(2)14-7-9-16(10-8-14)22(20,21)18-12-11-15-5-3-4-6-17(15)19/h3-10,13,18-19H,11-12H2,1-2H3. The van der Waals surface area contributed by atoms with Crippen molar-refractivity contribution in [2.24, 2.45) is 0 Å². The van der Waals surface area contributed by atoms with Crippen LogP contribution in [-0.2, 0) is 16.4 Å². The van der Waals surface area contributed by atoms with Gasteiger partial charge in [-0.15, -0.1) is 0 Å². The number of aromatic hydroxyl groups is 1. The third-order valence-corrected chi connectivity index (χ3v) is 5.01. The number of phenolic OH excluding ortho intramolecular Hbond substituents is 1. The molecule has 0 aliphatic rings. The number of para-hydroxylation sites is 1. The molecule has 0 saturated carbocycles. The van der Waals surface area contributed by atoms with Crippen molar-refractivity contribution in [3.63, 3.8) is 0 Å². The Hall–Kier alpha value is -1.85. The van der Waals surface area contributed by atoms with E-state index in [0.29, 0.717) is 12.3 Å². The summed E-state index contributed by atoms with van der Waals surface area (Å²) >= 11 is 0. The lowest BCUT2D eigenvalue weighted by molar-refractivity contribution is 0.467. The van der Waals surface area contributed by atoms with Crippen LogP contribution in [0.15, 0.2) is 53.4 Å². The molecule has 0 heterocycles. The summed E-state index contributed by atoms with van der Waals surface area (Å²) in [6, 6.07) is 13.8. The average molecular weight is 319 g/mol. The predicted octanol–water partition coefficient (Wildman–Crippen LogP) is 3.04. The molecule has 5 heteroatoms. The fourth-order valence-electron chi connectivity index (χ4n) is 2.16. The second-order valence-corrected chi connectivity index (χ2v) is 7.27. The lowest BCUT2D eigenvalue weighted by Crippen LogP contribution is -2.26. The molecule has 0 atom stereocenters. The van der Waals surface area contributed by atoms with E-state index in [9.17, 15) is 13.5 Å². The highest BCUT2D eigenvalue weighted by atomic mass is 32.2. The van der Waals surface area contributed by atoms with E-state index in [4.69, 9.17) is 0 Å². The zero-order chi connectivity index (χ0) is 16.2. The van der Waals surface area contributed by atoms with Gasteiger partial charge < -0.3 is 5.11 Å². The molecule has 0 radical (unpaired) electrons. The Bertz CT molecular complexity index is 722. The first-order valence-corrected chi connectivity index (χ1v) is 8.75. The van der Waals surface area contributed by atoms with Gasteiger partial charge in [0.1, 0.15) is 5.75 Å². The maximum atomic E-state index is 12.2. The summed E-state index contributed by atoms with van der Waals surface area (Å²) in [5.74, 6) is 0.550. The fraction of sp³-hybridized carbons (Fsp3) is 0.294. The van der Waals surface area contributed by atoms with Crippen molar-refractivity contribution in [3.8, 4) is 5.75 Å². The molecule has 0 unspecified atom stereocenters. The molecule has 4 nitrogen and oxygen atoms in total. The number of rotatable bonds is 6. The van der Waals surface area contributed by atoms with E-state index in [1.54, 1.807) is 30.3 Å². The maximum Gasteiger partial charge on any atom is 0.240 e. The second kappa shape index (κ2) is 6.94. The van der Waals surface area contributed by atoms with E-state index in [-0.39, 0.29) is 17.2 Å². The summed E-state index contributed by atoms with van der Waals surface area (Å²) in [6.07, 6.45) is 0.440. The van der Waals surface area contributed by atoms with Gasteiger partial charge in [0.05, 0.1) is 4.90 Å². The van der Waals surface area contributed by atoms with E-state index in [2.05, 4.69) is 18.6 Å². The third kappa shape index (κ3) is 4.08. The summed E-state index contributed by atoms with van der Waals surface area (Å²) in [5, 5.41) is 9.66. The Morgan fingerprint density at radius 1 is 1.05 bits per heavy atom. The number of benzene rings is 2. The van der Waals surface area contributed by atoms with Gasteiger partial charge in [0.25, 0.3) is 0 Å². The van der Waals surface area contributed by atoms with Crippen LogP contribution in [-0.4, -0.2) is 20.1 Å². The number of hydrogen-bond acceptors (Lipinski definition) is 3. The van der Waals surface area contributed by atoms with Gasteiger partial charge in [-0.25, -0.2) is 13.1 Å². The van der Waals surface area contributed by atoms with E-state index >= 15 is 0 Å². The van der Waals surface area contributed by atoms with Crippen molar-refractivity contribution in [2.75, 3.05) is 6.54 Å². The van der Waals surface area contributed by atoms with Gasteiger partial charge in [0.2, 0.25) is 10.0 Å². The molecule has 2 aromatic carbocycles. The largest absolute Gasteiger partial charge is 0.508 e. The molecular weight excluding hydrogens is 298 g/mol. The lowest BCUT2D eigenvalue weighted by Gasteiger charge is -2.09. The molecule has 2 N–H and O–H groups in total. The molecule has 0 aliphatic heterocycles. The summed E-state index contributed by atoms with van der Waals surface area (Å²) in [5.41, 5.74) is 1.83. The molecule has 118 valence electrons. The summed E-state index contributed by atoms with van der Waals surface area (Å²) in [4.78, 5) is 0.259. The van der Waals surface area contributed by atoms with E-state index in [0.717, 1.165) is 11.1 Å². The normalized spacial score (nSPS) is 11.8. The number of phenols is 1. The summed E-state index contributed by atoms with van der Waals surface area (Å²) in [7, 11) is -3.52. The van der Waals surface area contributed by atoms with Crippen LogP contribution in [0.3, 0.4) is 0 Å². The van der Waals surface area contributed by atoms with Crippen LogP contribution in [0.1, 0.15) is 30.9 Å². The SMILES string of the molecule is CC(C)c1ccc(S(=O)(=O)NCCc2ccccc2O)cc1. The highest BCUT2D eigenvalue weighted by molar-refractivity contribution is 7.89. The summed E-state index contributed by atoms with van der Waals surface area (Å²) < 4.78 is 27.0. The third-order valence-electron chi connectivity index (χ3n) is 3.54. The van der Waals surface area contributed by atoms with Gasteiger partial charge in [-0.05, 0) is 41.7 Å². The van der Waals surface area contributed by atoms with Crippen LogP contribution < -0.4 is 4.72 Å². The monoisotopic (exact) mass is 319 g/mol. The lowest BCUT2D eigenvalue weighted by atomic mass is 10.0. The molecule has 0 spiro atoms. The number of hydrogen-bond donors (Lipinski definition) is 2. The molecule has 22 heavy (non-hydrogen) atoms. The van der Waals surface area contributed by atoms with Gasteiger partial charge >= 0.3 is 0 Å². The number of sulfonamides is 1. The Morgan fingerprint density at radius 2 is 1.68 bits per heavy atom. The van der Waals surface area contributed by atoms with Gasteiger partial charge in [-0.3, -0.25) is 0 Å². The van der Waals surface area contributed by atoms with Gasteiger partial charge in [-0.2, -0.15) is 0 Å². The molecule has 0 fully saturated rings. The van der Waals surface area contributed by atoms with E-state index in [1.807, 2.05) is 18.2 Å². The average Bonchev–Trinajstić information content (AvgIpc) is 2.49. The Kier molecular flexibility index (Phi) is 5.21. The minimum Gasteiger partial charge on any atom is -0.508 e. The predicted molar refractivity (Wildman–Crippen MR) is 87.5 cm³/mol. The van der Waals surface area contributed by atoms with Crippen LogP contribution in [0.5, 0.6) is 5.75 Å². The van der Waals surface area contributed by atoms with Gasteiger partial charge in [0.15, 0.2) is 0 Å². The number of nitrogens with one attached hydrogen (secondary N) is 1. The molecule has 2 rings (SSSR count). The molecule has 0 amide bonds. The second-order valence-electron chi connectivity index (χ2n) is 5.50. The van der Waals surface area contributed by atoms with Gasteiger partial charge in [-0.1, -0.05) is 44.2 Å². The van der Waals surface area contributed by atoms with Gasteiger partial charge in [0, 0.05) is 6.54 Å². The van der Waals surface area contributed by atoms with Crippen molar-refractivity contribution in [3.05, 3.63) is 59.7 Å². The quantitative estimate of drug-likeness (QED) is 0.860. The van der Waals surface area contributed by atoms with Crippen LogP contribution in [0.4, 0.5) is 0 Å². The fourth-order valence-corrected chi connectivity index (χ4v) is 3.19.